The van der Waals surface area contributed by atoms with E-state index in [1.165, 1.54) is 23.5 Å². The highest BCUT2D eigenvalue weighted by Crippen LogP contribution is 2.26. The van der Waals surface area contributed by atoms with Gasteiger partial charge in [0.1, 0.15) is 18.2 Å². The fourth-order valence-corrected chi connectivity index (χ4v) is 2.02. The third-order valence-electron chi connectivity index (χ3n) is 1.83. The molecule has 1 aromatic carbocycles. The lowest BCUT2D eigenvalue weighted by atomic mass is 10.3. The minimum Gasteiger partial charge on any atom is -0.485 e. The van der Waals surface area contributed by atoms with Crippen LogP contribution in [-0.2, 0) is 6.61 Å². The van der Waals surface area contributed by atoms with Gasteiger partial charge in [-0.1, -0.05) is 11.3 Å². The van der Waals surface area contributed by atoms with Crippen LogP contribution >= 0.6 is 27.3 Å². The van der Waals surface area contributed by atoms with Crippen LogP contribution in [0.15, 0.2) is 22.7 Å². The van der Waals surface area contributed by atoms with Crippen molar-refractivity contribution in [2.75, 3.05) is 5.43 Å². The molecule has 0 aliphatic carbocycles. The second-order valence-electron chi connectivity index (χ2n) is 3.01. The quantitative estimate of drug-likeness (QED) is 0.668. The Kier molecular flexibility index (Phi) is 3.87. The molecule has 0 spiro atoms. The molecule has 5 nitrogen and oxygen atoms in total. The number of nitrogen functional groups attached to an aromatic ring is 1. The lowest BCUT2D eigenvalue weighted by Gasteiger charge is -2.05. The predicted molar refractivity (Wildman–Crippen MR) is 66.2 cm³/mol. The smallest absolute Gasteiger partial charge is 0.219 e. The molecule has 90 valence electrons. The zero-order chi connectivity index (χ0) is 12.3. The number of benzene rings is 1. The molecule has 17 heavy (non-hydrogen) atoms. The van der Waals surface area contributed by atoms with Crippen LogP contribution in [0.25, 0.3) is 0 Å². The van der Waals surface area contributed by atoms with Crippen molar-refractivity contribution in [2.24, 2.45) is 5.84 Å². The third kappa shape index (κ3) is 3.11. The van der Waals surface area contributed by atoms with Crippen molar-refractivity contribution in [1.82, 2.24) is 10.2 Å². The van der Waals surface area contributed by atoms with Gasteiger partial charge in [0.25, 0.3) is 0 Å². The van der Waals surface area contributed by atoms with Crippen LogP contribution in [0.2, 0.25) is 0 Å². The Hall–Kier alpha value is -1.25. The van der Waals surface area contributed by atoms with Gasteiger partial charge in [-0.3, -0.25) is 5.43 Å². The first-order valence-electron chi connectivity index (χ1n) is 4.56. The van der Waals surface area contributed by atoms with Crippen LogP contribution in [0.5, 0.6) is 5.75 Å². The normalized spacial score (nSPS) is 10.3. The van der Waals surface area contributed by atoms with Crippen LogP contribution < -0.4 is 16.0 Å². The third-order valence-corrected chi connectivity index (χ3v) is 3.32. The minimum atomic E-state index is -0.357. The molecule has 0 radical (unpaired) electrons. The number of halogens is 2. The van der Waals surface area contributed by atoms with Crippen molar-refractivity contribution >= 4 is 32.4 Å². The van der Waals surface area contributed by atoms with Crippen LogP contribution in [-0.4, -0.2) is 10.2 Å². The molecule has 0 aliphatic rings. The van der Waals surface area contributed by atoms with Gasteiger partial charge in [-0.15, -0.1) is 10.2 Å². The highest BCUT2D eigenvalue weighted by molar-refractivity contribution is 9.10. The molecule has 0 saturated heterocycles. The molecule has 1 heterocycles. The first-order valence-corrected chi connectivity index (χ1v) is 6.17. The van der Waals surface area contributed by atoms with Crippen molar-refractivity contribution in [3.63, 3.8) is 0 Å². The molecule has 2 rings (SSSR count). The van der Waals surface area contributed by atoms with E-state index in [2.05, 4.69) is 31.6 Å². The molecule has 2 aromatic rings. The van der Waals surface area contributed by atoms with Crippen molar-refractivity contribution in [3.05, 3.63) is 33.5 Å². The number of nitrogens with one attached hydrogen (secondary N) is 1. The first kappa shape index (κ1) is 12.2. The Bertz CT molecular complexity index is 521. The topological polar surface area (TPSA) is 73.1 Å². The Morgan fingerprint density at radius 2 is 2.29 bits per heavy atom. The van der Waals surface area contributed by atoms with Gasteiger partial charge in [0, 0.05) is 6.07 Å². The van der Waals surface area contributed by atoms with E-state index in [9.17, 15) is 4.39 Å². The average Bonchev–Trinajstić information content (AvgIpc) is 2.78. The van der Waals surface area contributed by atoms with Gasteiger partial charge >= 0.3 is 0 Å². The Balaban J connectivity index is 2.04. The van der Waals surface area contributed by atoms with Crippen LogP contribution in [0.4, 0.5) is 9.52 Å². The summed E-state index contributed by atoms with van der Waals surface area (Å²) in [7, 11) is 0. The van der Waals surface area contributed by atoms with E-state index in [0.717, 1.165) is 0 Å². The van der Waals surface area contributed by atoms with E-state index in [-0.39, 0.29) is 12.4 Å². The lowest BCUT2D eigenvalue weighted by Crippen LogP contribution is -2.05. The summed E-state index contributed by atoms with van der Waals surface area (Å²) >= 11 is 4.54. The lowest BCUT2D eigenvalue weighted by molar-refractivity contribution is 0.301. The zero-order valence-corrected chi connectivity index (χ0v) is 10.9. The van der Waals surface area contributed by atoms with Gasteiger partial charge in [0.2, 0.25) is 5.13 Å². The second kappa shape index (κ2) is 5.39. The van der Waals surface area contributed by atoms with E-state index in [1.807, 2.05) is 0 Å². The highest BCUT2D eigenvalue weighted by atomic mass is 79.9. The zero-order valence-electron chi connectivity index (χ0n) is 8.48. The van der Waals surface area contributed by atoms with Gasteiger partial charge in [0.05, 0.1) is 4.47 Å². The summed E-state index contributed by atoms with van der Waals surface area (Å²) in [6.07, 6.45) is 0. The summed E-state index contributed by atoms with van der Waals surface area (Å²) in [4.78, 5) is 0. The molecule has 0 atom stereocenters. The summed E-state index contributed by atoms with van der Waals surface area (Å²) in [5, 5.41) is 8.75. The maximum atomic E-state index is 13.0. The van der Waals surface area contributed by atoms with Gasteiger partial charge in [0.15, 0.2) is 5.01 Å². The number of ether oxygens (including phenoxy) is 1. The summed E-state index contributed by atoms with van der Waals surface area (Å²) in [6, 6.07) is 4.23. The second-order valence-corrected chi connectivity index (χ2v) is 4.93. The summed E-state index contributed by atoms with van der Waals surface area (Å²) < 4.78 is 19.1. The Morgan fingerprint density at radius 1 is 1.47 bits per heavy atom. The van der Waals surface area contributed by atoms with Crippen molar-refractivity contribution in [1.29, 1.82) is 0 Å². The van der Waals surface area contributed by atoms with Gasteiger partial charge in [-0.05, 0) is 28.1 Å². The molecular weight excluding hydrogens is 311 g/mol. The monoisotopic (exact) mass is 318 g/mol. The SMILES string of the molecule is NNc1nnc(COc2cc(F)ccc2Br)s1. The Labute approximate surface area is 109 Å². The first-order chi connectivity index (χ1) is 8.19. The van der Waals surface area contributed by atoms with Crippen LogP contribution in [0, 0.1) is 5.82 Å². The summed E-state index contributed by atoms with van der Waals surface area (Å²) in [6.45, 7) is 0.210. The fourth-order valence-electron chi connectivity index (χ4n) is 1.10. The maximum Gasteiger partial charge on any atom is 0.219 e. The number of aromatic nitrogens is 2. The molecular formula is C9H8BrFN4OS. The molecule has 0 aliphatic heterocycles. The molecule has 0 saturated carbocycles. The Morgan fingerprint density at radius 3 is 3.00 bits per heavy atom. The van der Waals surface area contributed by atoms with E-state index in [0.29, 0.717) is 20.4 Å². The molecule has 0 bridgehead atoms. The van der Waals surface area contributed by atoms with Crippen molar-refractivity contribution in [3.8, 4) is 5.75 Å². The number of nitrogens with two attached hydrogens (primary N) is 1. The van der Waals surface area contributed by atoms with Crippen LogP contribution in [0.1, 0.15) is 5.01 Å². The number of hydrogen-bond donors (Lipinski definition) is 2. The van der Waals surface area contributed by atoms with Crippen LogP contribution in [0.3, 0.4) is 0 Å². The molecule has 0 fully saturated rings. The number of anilines is 1. The molecule has 8 heteroatoms. The molecule has 1 aromatic heterocycles. The number of nitrogens with zero attached hydrogens (tertiary/aromatic N) is 2. The van der Waals surface area contributed by atoms with E-state index < -0.39 is 0 Å². The minimum absolute atomic E-state index is 0.210. The molecule has 0 unspecified atom stereocenters. The maximum absolute atomic E-state index is 13.0. The van der Waals surface area contributed by atoms with Crippen molar-refractivity contribution in [2.45, 2.75) is 6.61 Å². The standard InChI is InChI=1S/C9H8BrFN4OS/c10-6-2-1-5(11)3-7(6)16-4-8-14-15-9(13-12)17-8/h1-3H,4,12H2,(H,13,15). The number of hydrogen-bond acceptors (Lipinski definition) is 6. The van der Waals surface area contributed by atoms with E-state index in [4.69, 9.17) is 10.6 Å². The van der Waals surface area contributed by atoms with E-state index in [1.54, 1.807) is 6.07 Å². The fraction of sp³-hybridized carbons (Fsp3) is 0.111. The highest BCUT2D eigenvalue weighted by Gasteiger charge is 2.06. The van der Waals surface area contributed by atoms with E-state index >= 15 is 0 Å². The van der Waals surface area contributed by atoms with Gasteiger partial charge < -0.3 is 4.74 Å². The van der Waals surface area contributed by atoms with Gasteiger partial charge in [-0.2, -0.15) is 0 Å². The van der Waals surface area contributed by atoms with Crippen molar-refractivity contribution < 1.29 is 9.13 Å². The average molecular weight is 319 g/mol. The largest absolute Gasteiger partial charge is 0.485 e. The predicted octanol–water partition coefficient (Wildman–Crippen LogP) is 2.30. The summed E-state index contributed by atoms with van der Waals surface area (Å²) in [5.41, 5.74) is 2.39. The molecule has 3 N–H and O–H groups in total. The number of rotatable bonds is 4. The number of hydrazine groups is 1. The van der Waals surface area contributed by atoms with Gasteiger partial charge in [-0.25, -0.2) is 10.2 Å². The summed E-state index contributed by atoms with van der Waals surface area (Å²) in [5.74, 6) is 5.24. The molecule has 0 amide bonds.